The third kappa shape index (κ3) is 1.51. The molecule has 6 bridgehead atoms. The Labute approximate surface area is 144 Å². The number of hydrogen-bond donors (Lipinski definition) is 1. The minimum Gasteiger partial charge on any atom is -0.393 e. The number of ketones is 1. The van der Waals surface area contributed by atoms with E-state index in [1.807, 2.05) is 0 Å². The molecule has 0 aromatic rings. The quantitative estimate of drug-likeness (QED) is 0.747. The van der Waals surface area contributed by atoms with E-state index in [1.54, 1.807) is 6.92 Å². The lowest BCUT2D eigenvalue weighted by molar-refractivity contribution is -0.245. The lowest BCUT2D eigenvalue weighted by atomic mass is 9.45. The van der Waals surface area contributed by atoms with Gasteiger partial charge in [0.1, 0.15) is 5.60 Å². The molecule has 0 aromatic heterocycles. The van der Waals surface area contributed by atoms with Gasteiger partial charge >= 0.3 is 0 Å². The molecule has 2 unspecified atom stereocenters. The average molecular weight is 330 g/mol. The summed E-state index contributed by atoms with van der Waals surface area (Å²) < 4.78 is 6.85. The van der Waals surface area contributed by atoms with Crippen molar-refractivity contribution in [2.45, 2.75) is 83.5 Å². The molecular weight excluding hydrogens is 300 g/mol. The van der Waals surface area contributed by atoms with Crippen LogP contribution >= 0.6 is 0 Å². The van der Waals surface area contributed by atoms with Crippen molar-refractivity contribution in [3.8, 4) is 0 Å². The Morgan fingerprint density at radius 3 is 2.75 bits per heavy atom. The zero-order valence-corrected chi connectivity index (χ0v) is 15.2. The average Bonchev–Trinajstić information content (AvgIpc) is 2.83. The predicted molar refractivity (Wildman–Crippen MR) is 91.4 cm³/mol. The number of ether oxygens (including phenoxy) is 1. The fraction of sp³-hybridized carbons (Fsp3) is 0.857. The molecule has 2 saturated heterocycles. The highest BCUT2D eigenvalue weighted by Crippen LogP contribution is 2.71. The van der Waals surface area contributed by atoms with E-state index in [1.165, 1.54) is 12.0 Å². The van der Waals surface area contributed by atoms with Crippen LogP contribution in [-0.4, -0.2) is 28.7 Å². The number of fused-ring (bicyclic) bond motifs is 1. The summed E-state index contributed by atoms with van der Waals surface area (Å²) in [5, 5.41) is 10.5. The molecule has 0 radical (unpaired) electrons. The molecule has 24 heavy (non-hydrogen) atoms. The van der Waals surface area contributed by atoms with Crippen molar-refractivity contribution in [3.63, 3.8) is 0 Å². The maximum absolute atomic E-state index is 12.9. The first-order valence-electron chi connectivity index (χ1n) is 9.89. The molecule has 2 aliphatic heterocycles. The highest BCUT2D eigenvalue weighted by Gasteiger charge is 2.71. The van der Waals surface area contributed by atoms with Gasteiger partial charge in [0.15, 0.2) is 5.78 Å². The number of carbonyl (C=O) groups excluding carboxylic acids is 1. The maximum Gasteiger partial charge on any atom is 0.162 e. The van der Waals surface area contributed by atoms with E-state index in [0.717, 1.165) is 32.1 Å². The second-order valence-electron chi connectivity index (χ2n) is 9.70. The van der Waals surface area contributed by atoms with Gasteiger partial charge in [-0.15, -0.1) is 0 Å². The number of carbonyl (C=O) groups is 1. The molecule has 0 spiro atoms. The van der Waals surface area contributed by atoms with E-state index in [-0.39, 0.29) is 28.8 Å². The highest BCUT2D eigenvalue weighted by molar-refractivity contribution is 5.86. The fourth-order valence-corrected chi connectivity index (χ4v) is 7.94. The number of aliphatic hydroxyl groups is 1. The molecule has 0 aromatic carbocycles. The number of allylic oxidation sites excluding steroid dienone is 1. The molecule has 3 saturated carbocycles. The van der Waals surface area contributed by atoms with Crippen LogP contribution in [0.3, 0.4) is 0 Å². The lowest BCUT2D eigenvalue weighted by Crippen LogP contribution is -2.66. The van der Waals surface area contributed by atoms with Crippen molar-refractivity contribution in [2.75, 3.05) is 0 Å². The minimum absolute atomic E-state index is 0.0112. The largest absolute Gasteiger partial charge is 0.393 e. The highest BCUT2D eigenvalue weighted by atomic mass is 16.5. The number of aliphatic hydroxyl groups excluding tert-OH is 1. The van der Waals surface area contributed by atoms with Crippen LogP contribution in [0.5, 0.6) is 0 Å². The summed E-state index contributed by atoms with van der Waals surface area (Å²) in [5.41, 5.74) is 0.797. The third-order valence-corrected chi connectivity index (χ3v) is 9.18. The van der Waals surface area contributed by atoms with E-state index in [0.29, 0.717) is 24.2 Å². The SMILES string of the molecule is CC(=O)[C@]12CC[C@H]3[C@@H]4CC=C5CC(O)CC(O1)[C@]5(C)[C@H]4CC[C@@]32C. The first-order valence-corrected chi connectivity index (χ1v) is 9.89. The van der Waals surface area contributed by atoms with Crippen molar-refractivity contribution in [2.24, 2.45) is 28.6 Å². The Hall–Kier alpha value is -0.670. The van der Waals surface area contributed by atoms with Gasteiger partial charge in [-0.2, -0.15) is 0 Å². The van der Waals surface area contributed by atoms with E-state index in [9.17, 15) is 9.90 Å². The first kappa shape index (κ1) is 15.6. The molecule has 4 aliphatic carbocycles. The molecule has 1 N–H and O–H groups in total. The Morgan fingerprint density at radius 2 is 2.00 bits per heavy atom. The van der Waals surface area contributed by atoms with Crippen LogP contribution in [0.25, 0.3) is 0 Å². The van der Waals surface area contributed by atoms with Crippen molar-refractivity contribution in [1.29, 1.82) is 0 Å². The molecule has 3 nitrogen and oxygen atoms in total. The van der Waals surface area contributed by atoms with E-state index < -0.39 is 5.60 Å². The maximum atomic E-state index is 12.9. The van der Waals surface area contributed by atoms with E-state index in [2.05, 4.69) is 19.9 Å². The molecule has 3 heteroatoms. The van der Waals surface area contributed by atoms with Gasteiger partial charge in [0.05, 0.1) is 12.2 Å². The topological polar surface area (TPSA) is 46.5 Å². The summed E-state index contributed by atoms with van der Waals surface area (Å²) in [6.07, 6.45) is 9.08. The third-order valence-electron chi connectivity index (χ3n) is 9.18. The second kappa shape index (κ2) is 4.54. The summed E-state index contributed by atoms with van der Waals surface area (Å²) in [7, 11) is 0. The number of hydrogen-bond acceptors (Lipinski definition) is 3. The fourth-order valence-electron chi connectivity index (χ4n) is 7.94. The first-order chi connectivity index (χ1) is 11.3. The van der Waals surface area contributed by atoms with Crippen LogP contribution in [0.15, 0.2) is 11.6 Å². The van der Waals surface area contributed by atoms with Gasteiger partial charge in [-0.3, -0.25) is 4.79 Å². The number of Topliss-reactive ketones (excluding diaryl/α,β-unsaturated/α-hetero) is 1. The smallest absolute Gasteiger partial charge is 0.162 e. The van der Waals surface area contributed by atoms with Gasteiger partial charge in [-0.1, -0.05) is 25.5 Å². The summed E-state index contributed by atoms with van der Waals surface area (Å²) in [4.78, 5) is 12.9. The van der Waals surface area contributed by atoms with Crippen molar-refractivity contribution < 1.29 is 14.6 Å². The van der Waals surface area contributed by atoms with Crippen molar-refractivity contribution in [1.82, 2.24) is 0 Å². The predicted octanol–water partition coefficient (Wildman–Crippen LogP) is 3.65. The molecule has 6 aliphatic rings. The van der Waals surface area contributed by atoms with Crippen LogP contribution in [-0.2, 0) is 9.53 Å². The van der Waals surface area contributed by atoms with E-state index >= 15 is 0 Å². The summed E-state index contributed by atoms with van der Waals surface area (Å²) in [6, 6.07) is 0. The Morgan fingerprint density at radius 1 is 1.25 bits per heavy atom. The van der Waals surface area contributed by atoms with Crippen molar-refractivity contribution >= 4 is 5.78 Å². The van der Waals surface area contributed by atoms with Gasteiger partial charge in [0.25, 0.3) is 0 Å². The van der Waals surface area contributed by atoms with Gasteiger partial charge in [0, 0.05) is 17.3 Å². The number of rotatable bonds is 1. The van der Waals surface area contributed by atoms with Crippen LogP contribution in [0.2, 0.25) is 0 Å². The van der Waals surface area contributed by atoms with Gasteiger partial charge < -0.3 is 9.84 Å². The van der Waals surface area contributed by atoms with Gasteiger partial charge in [-0.25, -0.2) is 0 Å². The Bertz CT molecular complexity index is 639. The van der Waals surface area contributed by atoms with E-state index in [4.69, 9.17) is 4.74 Å². The van der Waals surface area contributed by atoms with Crippen LogP contribution in [0.4, 0.5) is 0 Å². The molecule has 5 fully saturated rings. The second-order valence-corrected chi connectivity index (χ2v) is 9.70. The van der Waals surface area contributed by atoms with Crippen LogP contribution in [0.1, 0.15) is 65.7 Å². The summed E-state index contributed by atoms with van der Waals surface area (Å²) >= 11 is 0. The van der Waals surface area contributed by atoms with Crippen LogP contribution in [0, 0.1) is 28.6 Å². The summed E-state index contributed by atoms with van der Waals surface area (Å²) in [5.74, 6) is 2.19. The standard InChI is InChI=1S/C21H30O3/c1-12(22)21-9-7-16-15-5-4-13-10-14(23)11-18(24-21)20(13,3)17(15)6-8-19(16,21)2/h4,14-18,23H,5-11H2,1-3H3/t14?,15-,16-,17-,18?,19-,20-,21-/m0/s1. The van der Waals surface area contributed by atoms with Crippen molar-refractivity contribution in [3.05, 3.63) is 11.6 Å². The van der Waals surface area contributed by atoms with Gasteiger partial charge in [-0.05, 0) is 63.2 Å². The minimum atomic E-state index is -0.618. The monoisotopic (exact) mass is 330 g/mol. The van der Waals surface area contributed by atoms with Crippen LogP contribution < -0.4 is 0 Å². The molecule has 6 rings (SSSR count). The Kier molecular flexibility index (Phi) is 2.94. The molecule has 0 amide bonds. The molecule has 132 valence electrons. The molecular formula is C21H30O3. The molecule has 8 atom stereocenters. The zero-order chi connectivity index (χ0) is 16.9. The van der Waals surface area contributed by atoms with Gasteiger partial charge in [0.2, 0.25) is 0 Å². The Balaban J connectivity index is 1.75. The normalized spacial score (nSPS) is 58.0. The molecule has 2 heterocycles. The zero-order valence-electron chi connectivity index (χ0n) is 15.2. The summed E-state index contributed by atoms with van der Waals surface area (Å²) in [6.45, 7) is 6.46. The lowest BCUT2D eigenvalue weighted by Gasteiger charge is -2.65.